The maximum atomic E-state index is 13.7. The minimum absolute atomic E-state index is 0.249. The van der Waals surface area contributed by atoms with Crippen molar-refractivity contribution in [3.05, 3.63) is 82.9 Å². The SMILES string of the molecule is CCCCB(O)O.CCCCc1cc(-c2nc3cc(F)c(F)cc3n2C2CC2)cnn1.Fc1cc2nc(-c3cnnc(Cl)c3)n(C3CC3)c2cc1F. The first-order chi connectivity index (χ1) is 25.1. The molecule has 0 amide bonds. The van der Waals surface area contributed by atoms with Crippen molar-refractivity contribution in [2.75, 3.05) is 0 Å². The summed E-state index contributed by atoms with van der Waals surface area (Å²) in [5.41, 5.74) is 4.56. The van der Waals surface area contributed by atoms with Gasteiger partial charge in [0.05, 0.1) is 40.2 Å². The van der Waals surface area contributed by atoms with E-state index in [-0.39, 0.29) is 11.2 Å². The third-order valence-electron chi connectivity index (χ3n) is 8.74. The summed E-state index contributed by atoms with van der Waals surface area (Å²) >= 11 is 5.86. The van der Waals surface area contributed by atoms with Crippen molar-refractivity contribution in [3.8, 4) is 22.8 Å². The summed E-state index contributed by atoms with van der Waals surface area (Å²) in [6.07, 6.45) is 12.7. The van der Waals surface area contributed by atoms with Gasteiger partial charge in [-0.05, 0) is 57.0 Å². The van der Waals surface area contributed by atoms with Gasteiger partial charge in [-0.15, -0.1) is 5.10 Å². The molecule has 2 saturated carbocycles. The van der Waals surface area contributed by atoms with Gasteiger partial charge in [0.1, 0.15) is 11.6 Å². The van der Waals surface area contributed by atoms with Gasteiger partial charge in [-0.25, -0.2) is 27.5 Å². The first kappa shape index (κ1) is 37.3. The molecule has 272 valence electrons. The molecule has 0 saturated heterocycles. The zero-order valence-corrected chi connectivity index (χ0v) is 29.5. The van der Waals surface area contributed by atoms with Crippen LogP contribution < -0.4 is 0 Å². The van der Waals surface area contributed by atoms with E-state index >= 15 is 0 Å². The van der Waals surface area contributed by atoms with Gasteiger partial charge >= 0.3 is 7.12 Å². The van der Waals surface area contributed by atoms with Crippen LogP contribution in [0.5, 0.6) is 0 Å². The number of nitrogens with zero attached hydrogens (tertiary/aromatic N) is 8. The third kappa shape index (κ3) is 8.76. The van der Waals surface area contributed by atoms with Crippen LogP contribution in [-0.4, -0.2) is 56.7 Å². The average Bonchev–Trinajstić information content (AvgIpc) is 4.07. The van der Waals surface area contributed by atoms with Gasteiger partial charge in [0.15, 0.2) is 28.4 Å². The lowest BCUT2D eigenvalue weighted by atomic mass is 9.84. The molecule has 2 N–H and O–H groups in total. The minimum Gasteiger partial charge on any atom is -0.427 e. The molecule has 2 aromatic carbocycles. The largest absolute Gasteiger partial charge is 0.451 e. The lowest BCUT2D eigenvalue weighted by Gasteiger charge is -2.08. The second-order valence-electron chi connectivity index (χ2n) is 13.0. The molecular formula is C36H38BClF4N8O2. The number of aryl methyl sites for hydroxylation is 1. The minimum atomic E-state index is -1.10. The monoisotopic (exact) mass is 736 g/mol. The van der Waals surface area contributed by atoms with Gasteiger partial charge in [0, 0.05) is 47.5 Å². The Morgan fingerprint density at radius 1 is 0.692 bits per heavy atom. The molecule has 52 heavy (non-hydrogen) atoms. The number of imidazole rings is 2. The molecule has 0 unspecified atom stereocenters. The highest BCUT2D eigenvalue weighted by Crippen LogP contribution is 2.42. The highest BCUT2D eigenvalue weighted by molar-refractivity contribution is 6.40. The molecule has 2 aliphatic rings. The Bertz CT molecular complexity index is 2170. The molecule has 0 bridgehead atoms. The Balaban J connectivity index is 0.000000152. The molecule has 0 aliphatic heterocycles. The summed E-state index contributed by atoms with van der Waals surface area (Å²) in [6.45, 7) is 4.15. The Kier molecular flexibility index (Phi) is 11.8. The van der Waals surface area contributed by atoms with Crippen molar-refractivity contribution in [1.82, 2.24) is 39.5 Å². The zero-order valence-electron chi connectivity index (χ0n) is 28.8. The lowest BCUT2D eigenvalue weighted by molar-refractivity contribution is 0.403. The molecule has 0 radical (unpaired) electrons. The molecule has 2 fully saturated rings. The van der Waals surface area contributed by atoms with Crippen molar-refractivity contribution < 1.29 is 27.6 Å². The number of benzene rings is 2. The molecule has 16 heteroatoms. The van der Waals surface area contributed by atoms with E-state index in [1.165, 1.54) is 18.2 Å². The summed E-state index contributed by atoms with van der Waals surface area (Å²) in [7, 11) is -1.10. The van der Waals surface area contributed by atoms with Crippen LogP contribution in [0.4, 0.5) is 17.6 Å². The smallest absolute Gasteiger partial charge is 0.427 e. The summed E-state index contributed by atoms with van der Waals surface area (Å²) in [6, 6.07) is 8.88. The first-order valence-corrected chi connectivity index (χ1v) is 17.9. The van der Waals surface area contributed by atoms with Crippen LogP contribution >= 0.6 is 11.6 Å². The quantitative estimate of drug-likeness (QED) is 0.106. The van der Waals surface area contributed by atoms with Gasteiger partial charge in [-0.3, -0.25) is 0 Å². The molecule has 4 aromatic heterocycles. The Morgan fingerprint density at radius 2 is 1.17 bits per heavy atom. The topological polar surface area (TPSA) is 128 Å². The number of aromatic nitrogens is 8. The lowest BCUT2D eigenvalue weighted by Crippen LogP contribution is -2.08. The number of fused-ring (bicyclic) bond motifs is 2. The Labute approximate surface area is 303 Å². The molecule has 2 aliphatic carbocycles. The van der Waals surface area contributed by atoms with Crippen molar-refractivity contribution in [3.63, 3.8) is 0 Å². The normalized spacial score (nSPS) is 13.9. The average molecular weight is 737 g/mol. The maximum Gasteiger partial charge on any atom is 0.451 e. The molecule has 8 rings (SSSR count). The second kappa shape index (κ2) is 16.5. The summed E-state index contributed by atoms with van der Waals surface area (Å²) in [5.74, 6) is -2.17. The molecule has 0 atom stereocenters. The number of hydrogen-bond donors (Lipinski definition) is 2. The van der Waals surface area contributed by atoms with Crippen molar-refractivity contribution in [2.24, 2.45) is 0 Å². The van der Waals surface area contributed by atoms with Crippen LogP contribution in [0.2, 0.25) is 11.5 Å². The van der Waals surface area contributed by atoms with E-state index in [1.54, 1.807) is 18.5 Å². The maximum absolute atomic E-state index is 13.7. The molecular weight excluding hydrogens is 699 g/mol. The number of unbranched alkanes of at least 4 members (excludes halogenated alkanes) is 2. The zero-order chi connectivity index (χ0) is 36.9. The predicted octanol–water partition coefficient (Wildman–Crippen LogP) is 8.47. The van der Waals surface area contributed by atoms with Crippen molar-refractivity contribution in [1.29, 1.82) is 0 Å². The molecule has 4 heterocycles. The molecule has 6 aromatic rings. The number of rotatable bonds is 10. The fraction of sp³-hybridized carbons (Fsp3) is 0.389. The summed E-state index contributed by atoms with van der Waals surface area (Å²) in [4.78, 5) is 8.97. The van der Waals surface area contributed by atoms with Gasteiger partial charge in [-0.2, -0.15) is 15.3 Å². The highest BCUT2D eigenvalue weighted by atomic mass is 35.5. The van der Waals surface area contributed by atoms with E-state index in [1.807, 2.05) is 22.1 Å². The second-order valence-corrected chi connectivity index (χ2v) is 13.4. The van der Waals surface area contributed by atoms with E-state index in [0.29, 0.717) is 51.6 Å². The van der Waals surface area contributed by atoms with Gasteiger partial charge in [0.25, 0.3) is 0 Å². The van der Waals surface area contributed by atoms with Gasteiger partial charge in [0.2, 0.25) is 0 Å². The number of halogens is 5. The predicted molar refractivity (Wildman–Crippen MR) is 191 cm³/mol. The van der Waals surface area contributed by atoms with Crippen molar-refractivity contribution >= 4 is 40.8 Å². The van der Waals surface area contributed by atoms with E-state index < -0.39 is 30.4 Å². The van der Waals surface area contributed by atoms with Gasteiger partial charge < -0.3 is 19.2 Å². The van der Waals surface area contributed by atoms with Crippen molar-refractivity contribution in [2.45, 2.75) is 90.0 Å². The van der Waals surface area contributed by atoms with Crippen LogP contribution in [0, 0.1) is 23.3 Å². The van der Waals surface area contributed by atoms with E-state index in [0.717, 1.165) is 75.1 Å². The molecule has 10 nitrogen and oxygen atoms in total. The van der Waals surface area contributed by atoms with Crippen LogP contribution in [0.15, 0.2) is 48.8 Å². The fourth-order valence-corrected chi connectivity index (χ4v) is 6.02. The van der Waals surface area contributed by atoms with Crippen LogP contribution in [0.1, 0.15) is 83.0 Å². The van der Waals surface area contributed by atoms with E-state index in [9.17, 15) is 17.6 Å². The standard InChI is InChI=1S/C18H18F2N4.C14H9ClF2N4.C4H11BO2/c1-2-3-4-12-7-11(10-21-23-12)18-22-16-8-14(19)15(20)9-17(16)24(18)13-5-6-13;15-13-3-7(6-18-20-13)14-19-11-4-9(16)10(17)5-12(11)21(14)8-1-2-8;1-2-3-4-5(6)7/h7-10,13H,2-6H2,1H3;3-6,8H,1-2H2;6-7H,2-4H2,1H3. The highest BCUT2D eigenvalue weighted by Gasteiger charge is 2.31. The summed E-state index contributed by atoms with van der Waals surface area (Å²) in [5, 5.41) is 32.5. The van der Waals surface area contributed by atoms with E-state index in [2.05, 4.69) is 37.3 Å². The fourth-order valence-electron chi connectivity index (χ4n) is 5.86. The first-order valence-electron chi connectivity index (χ1n) is 17.5. The Hall–Kier alpha value is -4.47. The van der Waals surface area contributed by atoms with Gasteiger partial charge in [-0.1, -0.05) is 44.7 Å². The number of hydrogen-bond acceptors (Lipinski definition) is 8. The van der Waals surface area contributed by atoms with Crippen LogP contribution in [0.3, 0.4) is 0 Å². The third-order valence-corrected chi connectivity index (χ3v) is 8.92. The summed E-state index contributed by atoms with van der Waals surface area (Å²) < 4.78 is 58.1. The van der Waals surface area contributed by atoms with Crippen LogP contribution in [-0.2, 0) is 6.42 Å². The van der Waals surface area contributed by atoms with E-state index in [4.69, 9.17) is 21.6 Å². The Morgan fingerprint density at radius 3 is 1.62 bits per heavy atom. The molecule has 0 spiro atoms. The van der Waals surface area contributed by atoms with Crippen LogP contribution in [0.25, 0.3) is 44.8 Å².